The molecule has 118 valence electrons. The van der Waals surface area contributed by atoms with E-state index < -0.39 is 0 Å². The van der Waals surface area contributed by atoms with Crippen LogP contribution in [-0.2, 0) is 16.0 Å². The van der Waals surface area contributed by atoms with Crippen LogP contribution in [0.2, 0.25) is 0 Å². The van der Waals surface area contributed by atoms with E-state index >= 15 is 0 Å². The molecule has 0 fully saturated rings. The van der Waals surface area contributed by atoms with Crippen molar-refractivity contribution in [1.82, 2.24) is 5.32 Å². The molecule has 0 radical (unpaired) electrons. The molecule has 22 heavy (non-hydrogen) atoms. The van der Waals surface area contributed by atoms with Crippen molar-refractivity contribution in [3.8, 4) is 0 Å². The van der Waals surface area contributed by atoms with Crippen molar-refractivity contribution in [3.05, 3.63) is 39.4 Å². The number of para-hydroxylation sites is 1. The van der Waals surface area contributed by atoms with E-state index in [4.69, 9.17) is 34.8 Å². The average molecular weight is 362 g/mol. The highest BCUT2D eigenvalue weighted by Gasteiger charge is 2.23. The molecule has 0 spiro atoms. The summed E-state index contributed by atoms with van der Waals surface area (Å²) in [6.45, 7) is 0.408. The van der Waals surface area contributed by atoms with E-state index in [-0.39, 0.29) is 34.3 Å². The van der Waals surface area contributed by atoms with Crippen LogP contribution in [0.1, 0.15) is 18.4 Å². The summed E-state index contributed by atoms with van der Waals surface area (Å²) in [4.78, 5) is 25.5. The molecule has 0 aliphatic carbocycles. The molecule has 0 saturated carbocycles. The first-order chi connectivity index (χ1) is 10.5. The number of carbonyl (C=O) groups is 2. The van der Waals surface area contributed by atoms with Crippen LogP contribution in [0.5, 0.6) is 0 Å². The Labute approximate surface area is 144 Å². The Balaban J connectivity index is 1.93. The summed E-state index contributed by atoms with van der Waals surface area (Å²) in [6.07, 6.45) is 1.39. The molecule has 2 rings (SSSR count). The Bertz CT molecular complexity index is 613. The Morgan fingerprint density at radius 2 is 1.91 bits per heavy atom. The zero-order chi connectivity index (χ0) is 16.1. The largest absolute Gasteiger partial charge is 0.351 e. The van der Waals surface area contributed by atoms with Gasteiger partial charge in [0.05, 0.1) is 11.6 Å². The second kappa shape index (κ2) is 7.86. The van der Waals surface area contributed by atoms with E-state index in [2.05, 4.69) is 5.32 Å². The van der Waals surface area contributed by atoms with E-state index in [1.54, 1.807) is 4.90 Å². The summed E-state index contributed by atoms with van der Waals surface area (Å²) in [5.41, 5.74) is 2.01. The lowest BCUT2D eigenvalue weighted by molar-refractivity contribution is -0.121. The van der Waals surface area contributed by atoms with Crippen molar-refractivity contribution >= 4 is 52.3 Å². The van der Waals surface area contributed by atoms with Gasteiger partial charge in [-0.1, -0.05) is 53.0 Å². The first-order valence-electron chi connectivity index (χ1n) is 6.83. The maximum Gasteiger partial charge on any atom is 0.227 e. The molecule has 1 heterocycles. The normalized spacial score (nSPS) is 13.6. The lowest BCUT2D eigenvalue weighted by atomic mass is 10.0. The lowest BCUT2D eigenvalue weighted by Crippen LogP contribution is -2.38. The minimum absolute atomic E-state index is 0.0354. The second-order valence-electron chi connectivity index (χ2n) is 4.87. The first kappa shape index (κ1) is 17.1. The van der Waals surface area contributed by atoms with Crippen molar-refractivity contribution < 1.29 is 9.59 Å². The number of hydrogen-bond acceptors (Lipinski definition) is 2. The van der Waals surface area contributed by atoms with Gasteiger partial charge in [-0.2, -0.15) is 0 Å². The fourth-order valence-electron chi connectivity index (χ4n) is 2.29. The molecule has 0 saturated heterocycles. The SMILES string of the molecule is O=C(CCN1C(=O)CCc2ccccc21)NCC(Cl)=C(Cl)Cl. The summed E-state index contributed by atoms with van der Waals surface area (Å²) in [5.74, 6) is -0.184. The number of nitrogens with zero attached hydrogens (tertiary/aromatic N) is 1. The lowest BCUT2D eigenvalue weighted by Gasteiger charge is -2.29. The van der Waals surface area contributed by atoms with Gasteiger partial charge in [-0.15, -0.1) is 0 Å². The van der Waals surface area contributed by atoms with Crippen LogP contribution in [-0.4, -0.2) is 24.9 Å². The van der Waals surface area contributed by atoms with Gasteiger partial charge < -0.3 is 10.2 Å². The highest BCUT2D eigenvalue weighted by atomic mass is 35.5. The standard InChI is InChI=1S/C15H15Cl3N2O2/c16-11(15(17)18)9-19-13(21)7-8-20-12-4-2-1-3-10(12)5-6-14(20)22/h1-4H,5-9H2,(H,19,21). The van der Waals surface area contributed by atoms with Crippen LogP contribution < -0.4 is 10.2 Å². The molecule has 1 aromatic rings. The number of benzene rings is 1. The number of halogens is 3. The third-order valence-corrected chi connectivity index (χ3v) is 4.37. The first-order valence-corrected chi connectivity index (χ1v) is 7.97. The quantitative estimate of drug-likeness (QED) is 0.874. The maximum atomic E-state index is 12.1. The van der Waals surface area contributed by atoms with E-state index in [0.717, 1.165) is 17.7 Å². The number of carbonyl (C=O) groups excluding carboxylic acids is 2. The molecule has 1 aliphatic heterocycles. The average Bonchev–Trinajstić information content (AvgIpc) is 2.51. The number of rotatable bonds is 5. The molecule has 1 N–H and O–H groups in total. The van der Waals surface area contributed by atoms with Gasteiger partial charge >= 0.3 is 0 Å². The Morgan fingerprint density at radius 1 is 1.18 bits per heavy atom. The van der Waals surface area contributed by atoms with Crippen molar-refractivity contribution in [2.24, 2.45) is 0 Å². The maximum absolute atomic E-state index is 12.1. The molecule has 4 nitrogen and oxygen atoms in total. The highest BCUT2D eigenvalue weighted by molar-refractivity contribution is 6.59. The number of hydrogen-bond donors (Lipinski definition) is 1. The van der Waals surface area contributed by atoms with Gasteiger partial charge in [0, 0.05) is 25.1 Å². The van der Waals surface area contributed by atoms with E-state index in [0.29, 0.717) is 13.0 Å². The molecule has 0 aromatic heterocycles. The van der Waals surface area contributed by atoms with Gasteiger partial charge in [0.15, 0.2) is 0 Å². The molecule has 2 amide bonds. The molecule has 0 unspecified atom stereocenters. The van der Waals surface area contributed by atoms with Crippen LogP contribution in [0.25, 0.3) is 0 Å². The fourth-order valence-corrected chi connectivity index (χ4v) is 2.49. The van der Waals surface area contributed by atoms with Crippen LogP contribution in [0.3, 0.4) is 0 Å². The molecule has 7 heteroatoms. The van der Waals surface area contributed by atoms with Gasteiger partial charge in [0.1, 0.15) is 4.49 Å². The number of fused-ring (bicyclic) bond motifs is 1. The fraction of sp³-hybridized carbons (Fsp3) is 0.333. The Hall–Kier alpha value is -1.23. The van der Waals surface area contributed by atoms with Crippen molar-refractivity contribution in [3.63, 3.8) is 0 Å². The minimum atomic E-state index is -0.219. The monoisotopic (exact) mass is 360 g/mol. The minimum Gasteiger partial charge on any atom is -0.351 e. The Morgan fingerprint density at radius 3 is 2.64 bits per heavy atom. The third kappa shape index (κ3) is 4.38. The van der Waals surface area contributed by atoms with Crippen LogP contribution in [0.4, 0.5) is 5.69 Å². The Kier molecular flexibility index (Phi) is 6.12. The van der Waals surface area contributed by atoms with E-state index in [1.165, 1.54) is 0 Å². The van der Waals surface area contributed by atoms with Crippen LogP contribution in [0, 0.1) is 0 Å². The smallest absolute Gasteiger partial charge is 0.227 e. The summed E-state index contributed by atoms with van der Waals surface area (Å²) >= 11 is 16.7. The second-order valence-corrected chi connectivity index (χ2v) is 6.27. The molecule has 1 aliphatic rings. The predicted octanol–water partition coefficient (Wildman–Crippen LogP) is 3.36. The summed E-state index contributed by atoms with van der Waals surface area (Å²) in [5, 5.41) is 2.78. The number of amides is 2. The molecular formula is C15H15Cl3N2O2. The zero-order valence-corrected chi connectivity index (χ0v) is 14.0. The third-order valence-electron chi connectivity index (χ3n) is 3.40. The van der Waals surface area contributed by atoms with Gasteiger partial charge in [0.2, 0.25) is 11.8 Å². The van der Waals surface area contributed by atoms with Crippen LogP contribution in [0.15, 0.2) is 33.8 Å². The summed E-state index contributed by atoms with van der Waals surface area (Å²) < 4.78 is -0.0675. The van der Waals surface area contributed by atoms with E-state index in [9.17, 15) is 9.59 Å². The number of aryl methyl sites for hydroxylation is 1. The van der Waals surface area contributed by atoms with Gasteiger partial charge in [0.25, 0.3) is 0 Å². The number of nitrogens with one attached hydrogen (secondary N) is 1. The van der Waals surface area contributed by atoms with Crippen molar-refractivity contribution in [1.29, 1.82) is 0 Å². The van der Waals surface area contributed by atoms with Crippen molar-refractivity contribution in [2.75, 3.05) is 18.0 Å². The topological polar surface area (TPSA) is 49.4 Å². The zero-order valence-electron chi connectivity index (χ0n) is 11.7. The molecule has 1 aromatic carbocycles. The summed E-state index contributed by atoms with van der Waals surface area (Å²) in [7, 11) is 0. The van der Waals surface area contributed by atoms with Gasteiger partial charge in [-0.3, -0.25) is 9.59 Å². The summed E-state index contributed by atoms with van der Waals surface area (Å²) in [6, 6.07) is 7.74. The number of anilines is 1. The highest BCUT2D eigenvalue weighted by Crippen LogP contribution is 2.27. The molecular weight excluding hydrogens is 347 g/mol. The van der Waals surface area contributed by atoms with Gasteiger partial charge in [-0.05, 0) is 18.1 Å². The van der Waals surface area contributed by atoms with E-state index in [1.807, 2.05) is 24.3 Å². The van der Waals surface area contributed by atoms with Crippen molar-refractivity contribution in [2.45, 2.75) is 19.3 Å². The predicted molar refractivity (Wildman–Crippen MR) is 89.3 cm³/mol. The van der Waals surface area contributed by atoms with Crippen LogP contribution >= 0.6 is 34.8 Å². The molecule has 0 bridgehead atoms. The molecule has 0 atom stereocenters. The van der Waals surface area contributed by atoms with Gasteiger partial charge in [-0.25, -0.2) is 0 Å².